The SMILES string of the molecule is N=C1CCc2cc(Nc3c(-c4ccc(OCC(N)=O)cc4)nc4cnccn34)ccc21. The van der Waals surface area contributed by atoms with Crippen LogP contribution in [0.1, 0.15) is 17.5 Å². The Morgan fingerprint density at radius 3 is 2.84 bits per heavy atom. The third-order valence-electron chi connectivity index (χ3n) is 5.28. The first kappa shape index (κ1) is 18.8. The predicted octanol–water partition coefficient (Wildman–Crippen LogP) is 3.32. The normalized spacial score (nSPS) is 12.7. The Morgan fingerprint density at radius 2 is 2.03 bits per heavy atom. The van der Waals surface area contributed by atoms with Crippen LogP contribution in [-0.4, -0.2) is 32.6 Å². The first-order valence-electron chi connectivity index (χ1n) is 9.90. The van der Waals surface area contributed by atoms with Gasteiger partial charge in [0, 0.05) is 29.4 Å². The molecule has 0 fully saturated rings. The highest BCUT2D eigenvalue weighted by molar-refractivity contribution is 6.02. The lowest BCUT2D eigenvalue weighted by Crippen LogP contribution is -2.19. The minimum atomic E-state index is -0.520. The number of nitrogens with one attached hydrogen (secondary N) is 2. The third-order valence-corrected chi connectivity index (χ3v) is 5.28. The highest BCUT2D eigenvalue weighted by atomic mass is 16.5. The number of amides is 1. The number of carbonyl (C=O) groups is 1. The maximum Gasteiger partial charge on any atom is 0.255 e. The minimum absolute atomic E-state index is 0.165. The number of carbonyl (C=O) groups excluding carboxylic acids is 1. The Hall–Kier alpha value is -4.20. The number of fused-ring (bicyclic) bond motifs is 2. The summed E-state index contributed by atoms with van der Waals surface area (Å²) < 4.78 is 7.30. The molecule has 0 unspecified atom stereocenters. The van der Waals surface area contributed by atoms with E-state index in [4.69, 9.17) is 20.9 Å². The van der Waals surface area contributed by atoms with Gasteiger partial charge < -0.3 is 21.2 Å². The number of imidazole rings is 1. The van der Waals surface area contributed by atoms with Gasteiger partial charge in [-0.1, -0.05) is 6.07 Å². The molecule has 31 heavy (non-hydrogen) atoms. The van der Waals surface area contributed by atoms with E-state index in [-0.39, 0.29) is 6.61 Å². The van der Waals surface area contributed by atoms with Crippen molar-refractivity contribution in [1.29, 1.82) is 5.41 Å². The minimum Gasteiger partial charge on any atom is -0.484 e. The summed E-state index contributed by atoms with van der Waals surface area (Å²) in [7, 11) is 0. The Balaban J connectivity index is 1.52. The summed E-state index contributed by atoms with van der Waals surface area (Å²) in [6.07, 6.45) is 6.97. The van der Waals surface area contributed by atoms with E-state index in [1.165, 1.54) is 5.56 Å². The Labute approximate surface area is 178 Å². The number of nitrogens with two attached hydrogens (primary N) is 1. The molecule has 2 aromatic carbocycles. The average molecular weight is 412 g/mol. The van der Waals surface area contributed by atoms with Crippen molar-refractivity contribution in [3.63, 3.8) is 0 Å². The number of primary amides is 1. The van der Waals surface area contributed by atoms with E-state index >= 15 is 0 Å². The fourth-order valence-electron chi connectivity index (χ4n) is 3.79. The van der Waals surface area contributed by atoms with E-state index in [1.54, 1.807) is 24.5 Å². The lowest BCUT2D eigenvalue weighted by atomic mass is 10.1. The number of ether oxygens (including phenoxy) is 1. The molecule has 1 aliphatic carbocycles. The summed E-state index contributed by atoms with van der Waals surface area (Å²) in [6, 6.07) is 13.4. The zero-order valence-corrected chi connectivity index (χ0v) is 16.6. The molecule has 0 saturated heterocycles. The second kappa shape index (κ2) is 7.56. The summed E-state index contributed by atoms with van der Waals surface area (Å²) >= 11 is 0. The van der Waals surface area contributed by atoms with Gasteiger partial charge in [-0.05, 0) is 60.4 Å². The molecule has 0 atom stereocenters. The lowest BCUT2D eigenvalue weighted by molar-refractivity contribution is -0.119. The van der Waals surface area contributed by atoms with Gasteiger partial charge in [0.25, 0.3) is 5.91 Å². The second-order valence-electron chi connectivity index (χ2n) is 7.37. The van der Waals surface area contributed by atoms with E-state index in [1.807, 2.05) is 34.9 Å². The van der Waals surface area contributed by atoms with Crippen molar-refractivity contribution in [3.8, 4) is 17.0 Å². The maximum absolute atomic E-state index is 10.9. The number of hydrogen-bond acceptors (Lipinski definition) is 6. The molecule has 4 aromatic rings. The maximum atomic E-state index is 10.9. The van der Waals surface area contributed by atoms with E-state index in [2.05, 4.69) is 16.4 Å². The quantitative estimate of drug-likeness (QED) is 0.449. The summed E-state index contributed by atoms with van der Waals surface area (Å²) in [5.74, 6) is 0.854. The lowest BCUT2D eigenvalue weighted by Gasteiger charge is -2.11. The molecule has 0 aliphatic heterocycles. The van der Waals surface area contributed by atoms with E-state index in [0.717, 1.165) is 46.8 Å². The van der Waals surface area contributed by atoms with Gasteiger partial charge in [0.1, 0.15) is 17.3 Å². The molecule has 0 bridgehead atoms. The van der Waals surface area contributed by atoms with Crippen LogP contribution in [-0.2, 0) is 11.2 Å². The van der Waals surface area contributed by atoms with Crippen molar-refractivity contribution >= 4 is 28.8 Å². The zero-order chi connectivity index (χ0) is 21.4. The van der Waals surface area contributed by atoms with Crippen LogP contribution in [0.2, 0.25) is 0 Å². The first-order valence-corrected chi connectivity index (χ1v) is 9.90. The van der Waals surface area contributed by atoms with E-state index in [0.29, 0.717) is 11.5 Å². The molecular weight excluding hydrogens is 392 g/mol. The highest BCUT2D eigenvalue weighted by Crippen LogP contribution is 2.33. The van der Waals surface area contributed by atoms with Gasteiger partial charge in [-0.15, -0.1) is 0 Å². The van der Waals surface area contributed by atoms with Crippen molar-refractivity contribution in [1.82, 2.24) is 14.4 Å². The fourth-order valence-corrected chi connectivity index (χ4v) is 3.79. The number of anilines is 2. The number of aromatic nitrogens is 3. The number of benzene rings is 2. The van der Waals surface area contributed by atoms with Gasteiger partial charge in [-0.2, -0.15) is 0 Å². The topological polar surface area (TPSA) is 118 Å². The molecular formula is C23H20N6O2. The summed E-state index contributed by atoms with van der Waals surface area (Å²) in [5.41, 5.74) is 11.4. The molecule has 1 amide bonds. The largest absolute Gasteiger partial charge is 0.484 e. The van der Waals surface area contributed by atoms with Crippen LogP contribution in [0, 0.1) is 5.41 Å². The number of nitrogens with zero attached hydrogens (tertiary/aromatic N) is 3. The van der Waals surface area contributed by atoms with Gasteiger partial charge in [-0.25, -0.2) is 4.98 Å². The molecule has 2 heterocycles. The first-order chi connectivity index (χ1) is 15.1. The number of hydrogen-bond donors (Lipinski definition) is 3. The molecule has 0 radical (unpaired) electrons. The molecule has 5 rings (SSSR count). The van der Waals surface area contributed by atoms with Gasteiger partial charge in [0.15, 0.2) is 12.3 Å². The molecule has 2 aromatic heterocycles. The molecule has 1 aliphatic rings. The zero-order valence-electron chi connectivity index (χ0n) is 16.6. The molecule has 8 heteroatoms. The molecule has 154 valence electrons. The van der Waals surface area contributed by atoms with Crippen molar-refractivity contribution < 1.29 is 9.53 Å². The summed E-state index contributed by atoms with van der Waals surface area (Å²) in [5, 5.41) is 11.5. The van der Waals surface area contributed by atoms with Crippen LogP contribution in [0.5, 0.6) is 5.75 Å². The van der Waals surface area contributed by atoms with Crippen LogP contribution in [0.3, 0.4) is 0 Å². The Morgan fingerprint density at radius 1 is 1.19 bits per heavy atom. The van der Waals surface area contributed by atoms with Crippen LogP contribution in [0.25, 0.3) is 16.9 Å². The van der Waals surface area contributed by atoms with Crippen LogP contribution < -0.4 is 15.8 Å². The molecule has 0 saturated carbocycles. The molecule has 0 spiro atoms. The summed E-state index contributed by atoms with van der Waals surface area (Å²) in [4.78, 5) is 19.9. The van der Waals surface area contributed by atoms with Crippen LogP contribution in [0.15, 0.2) is 61.1 Å². The van der Waals surface area contributed by atoms with E-state index in [9.17, 15) is 4.79 Å². The highest BCUT2D eigenvalue weighted by Gasteiger charge is 2.18. The molecule has 4 N–H and O–H groups in total. The Kier molecular flexibility index (Phi) is 4.59. The van der Waals surface area contributed by atoms with Gasteiger partial charge >= 0.3 is 0 Å². The third kappa shape index (κ3) is 3.59. The van der Waals surface area contributed by atoms with E-state index < -0.39 is 5.91 Å². The summed E-state index contributed by atoms with van der Waals surface area (Å²) in [6.45, 7) is -0.165. The average Bonchev–Trinajstić information content (AvgIpc) is 3.33. The molecule has 8 nitrogen and oxygen atoms in total. The predicted molar refractivity (Wildman–Crippen MR) is 118 cm³/mol. The fraction of sp³-hybridized carbons (Fsp3) is 0.130. The van der Waals surface area contributed by atoms with Crippen molar-refractivity contribution in [3.05, 3.63) is 72.2 Å². The van der Waals surface area contributed by atoms with Crippen molar-refractivity contribution in [2.24, 2.45) is 5.73 Å². The standard InChI is InChI=1S/C23H20N6O2/c24-19-8-3-15-11-16(4-7-18(15)19)27-23-22(28-21-12-26-9-10-29(21)23)14-1-5-17(6-2-14)31-13-20(25)30/h1-2,4-7,9-12,24,27H,3,8,13H2,(H2,25,30). The monoisotopic (exact) mass is 412 g/mol. The van der Waals surface area contributed by atoms with Crippen molar-refractivity contribution in [2.75, 3.05) is 11.9 Å². The van der Waals surface area contributed by atoms with Gasteiger partial charge in [-0.3, -0.25) is 14.2 Å². The van der Waals surface area contributed by atoms with Crippen LogP contribution >= 0.6 is 0 Å². The van der Waals surface area contributed by atoms with Gasteiger partial charge in [0.2, 0.25) is 0 Å². The number of rotatable bonds is 6. The smallest absolute Gasteiger partial charge is 0.255 e. The van der Waals surface area contributed by atoms with Crippen LogP contribution in [0.4, 0.5) is 11.5 Å². The van der Waals surface area contributed by atoms with Gasteiger partial charge in [0.05, 0.1) is 6.20 Å². The second-order valence-corrected chi connectivity index (χ2v) is 7.37. The Bertz CT molecular complexity index is 1310. The van der Waals surface area contributed by atoms with Crippen molar-refractivity contribution in [2.45, 2.75) is 12.8 Å². The number of aryl methyl sites for hydroxylation is 1.